The summed E-state index contributed by atoms with van der Waals surface area (Å²) < 4.78 is 0. The van der Waals surface area contributed by atoms with Crippen molar-refractivity contribution in [3.05, 3.63) is 35.4 Å². The van der Waals surface area contributed by atoms with E-state index in [4.69, 9.17) is 0 Å². The molecule has 2 unspecified atom stereocenters. The van der Waals surface area contributed by atoms with E-state index in [-0.39, 0.29) is 5.92 Å². The van der Waals surface area contributed by atoms with Gasteiger partial charge in [-0.2, -0.15) is 0 Å². The Kier molecular flexibility index (Phi) is 4.14. The van der Waals surface area contributed by atoms with E-state index in [9.17, 15) is 4.79 Å². The maximum atomic E-state index is 12.9. The summed E-state index contributed by atoms with van der Waals surface area (Å²) in [5.74, 6) is 2.65. The van der Waals surface area contributed by atoms with Crippen LogP contribution >= 0.6 is 0 Å². The minimum atomic E-state index is 0.247. The standard InChI is InChI=1S/C20H28N2O/c1-14-5-2-3-7-17(14)18-11-19(18)20(23)22-10-4-6-16(13-22)15-8-9-21-12-15/h2-3,5,7,15-16,18-19,21H,4,6,8-13H2,1H3/t15?,16?,18-,19+/m0/s1. The van der Waals surface area contributed by atoms with Gasteiger partial charge in [-0.25, -0.2) is 0 Å². The van der Waals surface area contributed by atoms with Crippen LogP contribution in [0.15, 0.2) is 24.3 Å². The van der Waals surface area contributed by atoms with E-state index in [0.717, 1.165) is 44.4 Å². The number of nitrogens with zero attached hydrogens (tertiary/aromatic N) is 1. The molecule has 2 aliphatic heterocycles. The van der Waals surface area contributed by atoms with E-state index >= 15 is 0 Å². The zero-order valence-corrected chi connectivity index (χ0v) is 14.1. The lowest BCUT2D eigenvalue weighted by molar-refractivity contribution is -0.134. The third kappa shape index (κ3) is 3.03. The predicted molar refractivity (Wildman–Crippen MR) is 92.3 cm³/mol. The average molecular weight is 312 g/mol. The minimum Gasteiger partial charge on any atom is -0.342 e. The lowest BCUT2D eigenvalue weighted by Gasteiger charge is -2.36. The van der Waals surface area contributed by atoms with Crippen LogP contribution in [0.5, 0.6) is 0 Å². The number of benzene rings is 1. The van der Waals surface area contributed by atoms with Gasteiger partial charge in [0.1, 0.15) is 0 Å². The van der Waals surface area contributed by atoms with Crippen molar-refractivity contribution < 1.29 is 4.79 Å². The Morgan fingerprint density at radius 2 is 2.09 bits per heavy atom. The van der Waals surface area contributed by atoms with Crippen molar-refractivity contribution in [2.24, 2.45) is 17.8 Å². The molecular weight excluding hydrogens is 284 g/mol. The van der Waals surface area contributed by atoms with Gasteiger partial charge in [0.25, 0.3) is 0 Å². The van der Waals surface area contributed by atoms with Gasteiger partial charge in [-0.3, -0.25) is 4.79 Å². The highest BCUT2D eigenvalue weighted by molar-refractivity contribution is 5.83. The van der Waals surface area contributed by atoms with E-state index < -0.39 is 0 Å². The molecule has 23 heavy (non-hydrogen) atoms. The number of rotatable bonds is 3. The highest BCUT2D eigenvalue weighted by atomic mass is 16.2. The van der Waals surface area contributed by atoms with Gasteiger partial charge in [-0.15, -0.1) is 0 Å². The normalized spacial score (nSPS) is 33.7. The molecule has 1 aliphatic carbocycles. The van der Waals surface area contributed by atoms with Crippen LogP contribution in [-0.2, 0) is 4.79 Å². The number of likely N-dealkylation sites (tertiary alicyclic amines) is 1. The van der Waals surface area contributed by atoms with Crippen LogP contribution in [0.1, 0.15) is 42.7 Å². The molecule has 1 aromatic carbocycles. The molecule has 0 aromatic heterocycles. The zero-order chi connectivity index (χ0) is 15.8. The molecule has 0 spiro atoms. The minimum absolute atomic E-state index is 0.247. The van der Waals surface area contributed by atoms with Gasteiger partial charge in [0.05, 0.1) is 0 Å². The topological polar surface area (TPSA) is 32.3 Å². The van der Waals surface area contributed by atoms with Gasteiger partial charge < -0.3 is 10.2 Å². The highest BCUT2D eigenvalue weighted by Gasteiger charge is 2.47. The molecular formula is C20H28N2O. The summed E-state index contributed by atoms with van der Waals surface area (Å²) >= 11 is 0. The number of aryl methyl sites for hydroxylation is 1. The number of hydrogen-bond donors (Lipinski definition) is 1. The number of carbonyl (C=O) groups excluding carboxylic acids is 1. The first-order chi connectivity index (χ1) is 11.2. The van der Waals surface area contributed by atoms with E-state index in [1.807, 2.05) is 0 Å². The maximum absolute atomic E-state index is 12.9. The lowest BCUT2D eigenvalue weighted by atomic mass is 9.84. The Morgan fingerprint density at radius 1 is 1.22 bits per heavy atom. The van der Waals surface area contributed by atoms with Crippen molar-refractivity contribution in [1.29, 1.82) is 0 Å². The van der Waals surface area contributed by atoms with Crippen molar-refractivity contribution in [2.75, 3.05) is 26.2 Å². The number of hydrogen-bond acceptors (Lipinski definition) is 2. The van der Waals surface area contributed by atoms with Gasteiger partial charge in [-0.1, -0.05) is 24.3 Å². The Labute approximate surface area is 139 Å². The SMILES string of the molecule is Cc1ccccc1[C@@H]1C[C@H]1C(=O)N1CCCC(C2CCNC2)C1. The summed E-state index contributed by atoms with van der Waals surface area (Å²) in [4.78, 5) is 15.1. The fourth-order valence-corrected chi connectivity index (χ4v) is 4.72. The summed E-state index contributed by atoms with van der Waals surface area (Å²) in [6, 6.07) is 8.56. The second kappa shape index (κ2) is 6.27. The van der Waals surface area contributed by atoms with Crippen LogP contribution in [0, 0.1) is 24.7 Å². The Bertz CT molecular complexity index is 579. The molecule has 1 saturated carbocycles. The molecule has 0 radical (unpaired) electrons. The first-order valence-electron chi connectivity index (χ1n) is 9.29. The number of nitrogens with one attached hydrogen (secondary N) is 1. The van der Waals surface area contributed by atoms with Crippen molar-refractivity contribution in [1.82, 2.24) is 10.2 Å². The van der Waals surface area contributed by atoms with Crippen molar-refractivity contribution in [2.45, 2.75) is 38.5 Å². The van der Waals surface area contributed by atoms with Gasteiger partial charge in [0.15, 0.2) is 0 Å². The molecule has 0 bridgehead atoms. The van der Waals surface area contributed by atoms with E-state index in [2.05, 4.69) is 41.4 Å². The van der Waals surface area contributed by atoms with E-state index in [1.54, 1.807) is 0 Å². The largest absolute Gasteiger partial charge is 0.342 e. The molecule has 1 amide bonds. The molecule has 3 heteroatoms. The lowest BCUT2D eigenvalue weighted by Crippen LogP contribution is -2.43. The second-order valence-corrected chi connectivity index (χ2v) is 7.74. The summed E-state index contributed by atoms with van der Waals surface area (Å²) in [7, 11) is 0. The molecule has 1 N–H and O–H groups in total. The van der Waals surface area contributed by atoms with Crippen LogP contribution < -0.4 is 5.32 Å². The number of amides is 1. The smallest absolute Gasteiger partial charge is 0.226 e. The number of carbonyl (C=O) groups is 1. The van der Waals surface area contributed by atoms with E-state index in [1.165, 1.54) is 30.4 Å². The summed E-state index contributed by atoms with van der Waals surface area (Å²) in [6.07, 6.45) is 4.84. The Morgan fingerprint density at radius 3 is 2.87 bits per heavy atom. The quantitative estimate of drug-likeness (QED) is 0.931. The fourth-order valence-electron chi connectivity index (χ4n) is 4.72. The fraction of sp³-hybridized carbons (Fsp3) is 0.650. The molecule has 3 aliphatic rings. The molecule has 4 atom stereocenters. The summed E-state index contributed by atoms with van der Waals surface area (Å²) in [5, 5.41) is 3.48. The molecule has 124 valence electrons. The van der Waals surface area contributed by atoms with Crippen LogP contribution in [-0.4, -0.2) is 37.0 Å². The summed E-state index contributed by atoms with van der Waals surface area (Å²) in [5.41, 5.74) is 2.72. The van der Waals surface area contributed by atoms with Crippen LogP contribution in [0.3, 0.4) is 0 Å². The average Bonchev–Trinajstić information content (AvgIpc) is 3.17. The third-order valence-corrected chi connectivity index (χ3v) is 6.23. The van der Waals surface area contributed by atoms with Crippen LogP contribution in [0.4, 0.5) is 0 Å². The maximum Gasteiger partial charge on any atom is 0.226 e. The third-order valence-electron chi connectivity index (χ3n) is 6.23. The monoisotopic (exact) mass is 312 g/mol. The Hall–Kier alpha value is -1.35. The molecule has 4 rings (SSSR count). The van der Waals surface area contributed by atoms with Gasteiger partial charge in [0, 0.05) is 19.0 Å². The van der Waals surface area contributed by atoms with Crippen molar-refractivity contribution in [3.8, 4) is 0 Å². The van der Waals surface area contributed by atoms with Gasteiger partial charge in [0.2, 0.25) is 5.91 Å². The second-order valence-electron chi connectivity index (χ2n) is 7.74. The molecule has 1 aromatic rings. The molecule has 2 heterocycles. The van der Waals surface area contributed by atoms with Crippen molar-refractivity contribution >= 4 is 5.91 Å². The van der Waals surface area contributed by atoms with Crippen LogP contribution in [0.25, 0.3) is 0 Å². The Balaban J connectivity index is 1.39. The number of piperidine rings is 1. The molecule has 3 nitrogen and oxygen atoms in total. The zero-order valence-electron chi connectivity index (χ0n) is 14.1. The van der Waals surface area contributed by atoms with E-state index in [0.29, 0.717) is 11.8 Å². The summed E-state index contributed by atoms with van der Waals surface area (Å²) in [6.45, 7) is 6.46. The van der Waals surface area contributed by atoms with Gasteiger partial charge in [-0.05, 0) is 74.6 Å². The van der Waals surface area contributed by atoms with Gasteiger partial charge >= 0.3 is 0 Å². The first-order valence-corrected chi connectivity index (χ1v) is 9.29. The molecule has 3 fully saturated rings. The van der Waals surface area contributed by atoms with Crippen LogP contribution in [0.2, 0.25) is 0 Å². The van der Waals surface area contributed by atoms with Crippen molar-refractivity contribution in [3.63, 3.8) is 0 Å². The molecule has 2 saturated heterocycles. The predicted octanol–water partition coefficient (Wildman–Crippen LogP) is 2.95. The first kappa shape index (κ1) is 15.2. The highest BCUT2D eigenvalue weighted by Crippen LogP contribution is 2.49.